The molecule has 4 aromatic carbocycles. The Morgan fingerprint density at radius 1 is 0.598 bits per heavy atom. The molecule has 25 nitrogen and oxygen atoms in total. The van der Waals surface area contributed by atoms with E-state index >= 15 is 0 Å². The van der Waals surface area contributed by atoms with Crippen LogP contribution in [0.5, 0.6) is 0 Å². The summed E-state index contributed by atoms with van der Waals surface area (Å²) in [5.41, 5.74) is -0.685. The molecule has 0 aromatic heterocycles. The molecule has 2 aliphatic heterocycles. The summed E-state index contributed by atoms with van der Waals surface area (Å²) in [6, 6.07) is 8.47. The summed E-state index contributed by atoms with van der Waals surface area (Å²) in [4.78, 5) is 9.11. The van der Waals surface area contributed by atoms with Gasteiger partial charge >= 0.3 is 5.97 Å². The van der Waals surface area contributed by atoms with E-state index in [1.54, 1.807) is 51.0 Å². The van der Waals surface area contributed by atoms with Crippen LogP contribution < -0.4 is 4.90 Å². The van der Waals surface area contributed by atoms with Gasteiger partial charge in [-0.3, -0.25) is 4.79 Å². The summed E-state index contributed by atoms with van der Waals surface area (Å²) in [5.74, 6) is -1.88. The van der Waals surface area contributed by atoms with E-state index in [-0.39, 0.29) is 98.2 Å². The third-order valence-electron chi connectivity index (χ3n) is 14.0. The van der Waals surface area contributed by atoms with Gasteiger partial charge in [0.25, 0.3) is 0 Å². The quantitative estimate of drug-likeness (QED) is 0.0393. The van der Waals surface area contributed by atoms with Crippen molar-refractivity contribution in [3.63, 3.8) is 0 Å². The number of ether oxygens (including phenoxy) is 6. The lowest BCUT2D eigenvalue weighted by Gasteiger charge is -2.31. The van der Waals surface area contributed by atoms with Gasteiger partial charge in [0.05, 0.1) is 108 Å². The summed E-state index contributed by atoms with van der Waals surface area (Å²) < 4.78 is 223. The molecular formula is C52H64N2O23S5-4. The van der Waals surface area contributed by atoms with E-state index in [2.05, 4.69) is 0 Å². The van der Waals surface area contributed by atoms with Crippen molar-refractivity contribution in [1.82, 2.24) is 0 Å². The molecule has 0 fully saturated rings. The highest BCUT2D eigenvalue weighted by atomic mass is 32.2. The molecule has 0 saturated heterocycles. The van der Waals surface area contributed by atoms with Crippen LogP contribution in [-0.2, 0) is 94.6 Å². The van der Waals surface area contributed by atoms with Crippen molar-refractivity contribution in [2.24, 2.45) is 0 Å². The van der Waals surface area contributed by atoms with Gasteiger partial charge in [0.15, 0.2) is 5.71 Å². The first-order chi connectivity index (χ1) is 38.3. The van der Waals surface area contributed by atoms with E-state index in [4.69, 9.17) is 28.4 Å². The minimum atomic E-state index is -5.47. The summed E-state index contributed by atoms with van der Waals surface area (Å²) >= 11 is 0. The van der Waals surface area contributed by atoms with Crippen LogP contribution in [0.3, 0.4) is 0 Å². The molecule has 1 atom stereocenters. The van der Waals surface area contributed by atoms with E-state index < -0.39 is 92.7 Å². The van der Waals surface area contributed by atoms with Gasteiger partial charge in [-0.1, -0.05) is 12.1 Å². The highest BCUT2D eigenvalue weighted by Crippen LogP contribution is 2.54. The molecule has 454 valence electrons. The third-order valence-corrected chi connectivity index (χ3v) is 18.2. The molecule has 6 rings (SSSR count). The molecule has 0 aliphatic carbocycles. The van der Waals surface area contributed by atoms with Gasteiger partial charge in [0, 0.05) is 72.1 Å². The lowest BCUT2D eigenvalue weighted by molar-refractivity contribution is -0.438. The van der Waals surface area contributed by atoms with E-state index in [1.807, 2.05) is 4.58 Å². The number of allylic oxidation sites excluding steroid dienone is 4. The zero-order chi connectivity index (χ0) is 60.5. The minimum absolute atomic E-state index is 0.00170. The number of carboxylic acids is 1. The Hall–Kier alpha value is -4.87. The van der Waals surface area contributed by atoms with E-state index in [0.717, 1.165) is 12.1 Å². The van der Waals surface area contributed by atoms with Crippen LogP contribution in [0.15, 0.2) is 92.0 Å². The van der Waals surface area contributed by atoms with Crippen molar-refractivity contribution in [2.45, 2.75) is 89.7 Å². The Morgan fingerprint density at radius 3 is 1.56 bits per heavy atom. The number of anilines is 1. The zero-order valence-corrected chi connectivity index (χ0v) is 49.4. The van der Waals surface area contributed by atoms with Crippen LogP contribution in [-0.4, -0.2) is 185 Å². The summed E-state index contributed by atoms with van der Waals surface area (Å²) in [5, 5.41) is 8.68. The number of carboxylic acid groups (broad SMARTS) is 1. The first-order valence-corrected chi connectivity index (χ1v) is 32.9. The van der Waals surface area contributed by atoms with Gasteiger partial charge in [-0.05, 0) is 111 Å². The number of methoxy groups -OCH3 is 1. The van der Waals surface area contributed by atoms with Gasteiger partial charge in [-0.15, -0.1) is 0 Å². The predicted molar refractivity (Wildman–Crippen MR) is 290 cm³/mol. The number of hydrogen-bond donors (Lipinski definition) is 1. The Labute approximate surface area is 477 Å². The van der Waals surface area contributed by atoms with E-state index in [0.29, 0.717) is 93.7 Å². The van der Waals surface area contributed by atoms with Crippen molar-refractivity contribution >= 4 is 95.2 Å². The largest absolute Gasteiger partial charge is 0.748 e. The number of fused-ring (bicyclic) bond motifs is 6. The Bertz CT molecular complexity index is 3690. The highest BCUT2D eigenvalue weighted by molar-refractivity contribution is 7.87. The number of unbranched alkanes of at least 4 members (excludes halogenated alkanes) is 2. The van der Waals surface area contributed by atoms with Crippen molar-refractivity contribution < 1.29 is 108 Å². The number of nitrogens with zero attached hydrogens (tertiary/aromatic N) is 2. The second-order valence-electron chi connectivity index (χ2n) is 19.9. The number of rotatable bonds is 34. The summed E-state index contributed by atoms with van der Waals surface area (Å²) in [6.07, 6.45) is 5.38. The van der Waals surface area contributed by atoms with Crippen LogP contribution in [0.4, 0.5) is 11.4 Å². The molecule has 0 spiro atoms. The third kappa shape index (κ3) is 16.5. The van der Waals surface area contributed by atoms with Gasteiger partial charge in [-0.2, -0.15) is 4.58 Å². The van der Waals surface area contributed by atoms with Gasteiger partial charge in [0.1, 0.15) is 47.0 Å². The fraction of sp³-hybridized carbons (Fsp3) is 0.500. The lowest BCUT2D eigenvalue weighted by atomic mass is 9.75. The topological polar surface area (TPSA) is 385 Å². The molecule has 0 saturated carbocycles. The van der Waals surface area contributed by atoms with Crippen molar-refractivity contribution in [1.29, 1.82) is 0 Å². The minimum Gasteiger partial charge on any atom is -0.748 e. The number of aliphatic carboxylic acids is 1. The smallest absolute Gasteiger partial charge is 0.303 e. The van der Waals surface area contributed by atoms with Crippen LogP contribution in [0.1, 0.15) is 70.4 Å². The standard InChI is InChI=1S/C52H68N2O23S5/c1-51(2)46(53(18-7-5-6-12-48(55)56)42-15-13-38-40(49(42)51)32-36(79(60,61)62)34-44(38)81(66,67)68)10-8-11-47-52(3,17-9-31-78(57,58)59)50-41-33-37(80(63,64)65)35-45(82(69,70)71)39(41)14-16-43(50)54(47)19-20-73-23-24-75-27-28-77-30-29-76-26-25-74-22-21-72-4/h8,10-11,13-16,32-35H,5-7,9,12,17-31H2,1-4H3,(H5-,55,56,57,58,59,60,61,62,63,64,65,66,67,68,69,70,71)/p-4. The first kappa shape index (κ1) is 66.3. The SMILES string of the molecule is COCCOCCOCCOCCOCCOCCN1C(=CC=CC2=[N+](CCCCCC(=O)O)c3ccc4c(S(=O)(=O)[O-])cc(S(=O)(=O)[O-])cc4c3C2(C)C)C(C)(CCCS(=O)(=O)[O-])c2c1ccc1c(S(=O)(=O)[O-])cc(S(=O)(=O)[O-])cc21. The Balaban J connectivity index is 1.43. The number of benzene rings is 4. The second-order valence-corrected chi connectivity index (χ2v) is 26.9. The molecule has 1 unspecified atom stereocenters. The summed E-state index contributed by atoms with van der Waals surface area (Å²) in [7, 11) is -24.9. The van der Waals surface area contributed by atoms with Gasteiger partial charge < -0.3 is 61.2 Å². The number of carbonyl (C=O) groups is 1. The molecule has 1 N–H and O–H groups in total. The maximum absolute atomic E-state index is 12.8. The fourth-order valence-corrected chi connectivity index (χ4v) is 13.5. The molecule has 2 aliphatic rings. The van der Waals surface area contributed by atoms with E-state index in [1.165, 1.54) is 24.3 Å². The lowest BCUT2D eigenvalue weighted by Crippen LogP contribution is -2.32. The van der Waals surface area contributed by atoms with Crippen LogP contribution in [0.2, 0.25) is 0 Å². The molecular weight excluding hydrogens is 1180 g/mol. The van der Waals surface area contributed by atoms with Crippen LogP contribution in [0, 0.1) is 0 Å². The molecule has 2 heterocycles. The zero-order valence-electron chi connectivity index (χ0n) is 45.4. The Kier molecular flexibility index (Phi) is 22.2. The van der Waals surface area contributed by atoms with Gasteiger partial charge in [-0.25, -0.2) is 42.1 Å². The first-order valence-electron chi connectivity index (χ1n) is 25.7. The Morgan fingerprint density at radius 2 is 1.09 bits per heavy atom. The molecule has 0 amide bonds. The fourth-order valence-electron chi connectivity index (χ4n) is 10.4. The van der Waals surface area contributed by atoms with Crippen LogP contribution >= 0.6 is 0 Å². The normalized spacial score (nSPS) is 17.3. The highest BCUT2D eigenvalue weighted by Gasteiger charge is 2.47. The predicted octanol–water partition coefficient (Wildman–Crippen LogP) is 3.90. The van der Waals surface area contributed by atoms with Crippen molar-refractivity contribution in [2.75, 3.05) is 104 Å². The molecule has 82 heavy (non-hydrogen) atoms. The van der Waals surface area contributed by atoms with Gasteiger partial charge in [0.2, 0.25) is 5.69 Å². The monoisotopic (exact) mass is 1240 g/mol. The molecule has 30 heteroatoms. The average Bonchev–Trinajstić information content (AvgIpc) is 2.32. The molecule has 4 aromatic rings. The average molecular weight is 1250 g/mol. The molecule has 0 radical (unpaired) electrons. The second kappa shape index (κ2) is 27.4. The van der Waals surface area contributed by atoms with Crippen molar-refractivity contribution in [3.05, 3.63) is 83.6 Å². The van der Waals surface area contributed by atoms with Crippen molar-refractivity contribution in [3.8, 4) is 0 Å². The van der Waals surface area contributed by atoms with Crippen LogP contribution in [0.25, 0.3) is 21.5 Å². The summed E-state index contributed by atoms with van der Waals surface area (Å²) in [6.45, 7) is 8.33. The number of hydrogen-bond acceptors (Lipinski definition) is 23. The molecule has 0 bridgehead atoms. The maximum atomic E-state index is 12.8. The maximum Gasteiger partial charge on any atom is 0.303 e. The van der Waals surface area contributed by atoms with E-state index in [9.17, 15) is 74.8 Å².